The number of rotatable bonds is 1. The quantitative estimate of drug-likeness (QED) is 0.566. The highest BCUT2D eigenvalue weighted by molar-refractivity contribution is 5.81. The molecule has 0 aliphatic carbocycles. The average molecular weight is 140 g/mol. The van der Waals surface area contributed by atoms with Gasteiger partial charge in [0.15, 0.2) is 0 Å². The second-order valence-electron chi connectivity index (χ2n) is 1.66. The van der Waals surface area contributed by atoms with Crippen LogP contribution in [0.2, 0.25) is 0 Å². The zero-order valence-electron chi connectivity index (χ0n) is 5.53. The molecule has 0 atom stereocenters. The first kappa shape index (κ1) is 6.60. The molecule has 0 unspecified atom stereocenters. The van der Waals surface area contributed by atoms with Gasteiger partial charge >= 0.3 is 6.03 Å². The molecular formula is C5H8N4O. The van der Waals surface area contributed by atoms with E-state index in [0.717, 1.165) is 0 Å². The molecule has 0 bridgehead atoms. The van der Waals surface area contributed by atoms with Crippen molar-refractivity contribution in [1.29, 1.82) is 0 Å². The van der Waals surface area contributed by atoms with E-state index in [1.165, 1.54) is 11.0 Å². The third kappa shape index (κ3) is 1.48. The molecule has 10 heavy (non-hydrogen) atoms. The lowest BCUT2D eigenvalue weighted by Gasteiger charge is -2.02. The van der Waals surface area contributed by atoms with Crippen molar-refractivity contribution in [3.63, 3.8) is 0 Å². The summed E-state index contributed by atoms with van der Waals surface area (Å²) in [5.41, 5.74) is 2.48. The number of urea groups is 1. The minimum Gasteiger partial charge on any atom is -0.340 e. The molecule has 1 heterocycles. The van der Waals surface area contributed by atoms with Gasteiger partial charge in [-0.25, -0.2) is 19.9 Å². The van der Waals surface area contributed by atoms with Crippen LogP contribution in [0.3, 0.4) is 0 Å². The molecule has 5 heteroatoms. The summed E-state index contributed by atoms with van der Waals surface area (Å²) in [6.07, 6.45) is 4.71. The molecule has 0 spiro atoms. The predicted molar refractivity (Wildman–Crippen MR) is 36.0 cm³/mol. The summed E-state index contributed by atoms with van der Waals surface area (Å²) in [7, 11) is 1.55. The Balaban J connectivity index is 2.48. The summed E-state index contributed by atoms with van der Waals surface area (Å²) < 4.78 is 1.46. The summed E-state index contributed by atoms with van der Waals surface area (Å²) >= 11 is 0. The minimum atomic E-state index is -0.266. The Morgan fingerprint density at radius 3 is 3.00 bits per heavy atom. The molecule has 2 amide bonds. The van der Waals surface area contributed by atoms with E-state index < -0.39 is 0 Å². The third-order valence-electron chi connectivity index (χ3n) is 0.962. The third-order valence-corrected chi connectivity index (χ3v) is 0.962. The van der Waals surface area contributed by atoms with E-state index in [-0.39, 0.29) is 6.03 Å². The number of amides is 2. The number of imidazole rings is 1. The molecule has 0 saturated heterocycles. The van der Waals surface area contributed by atoms with Crippen molar-refractivity contribution in [3.8, 4) is 0 Å². The van der Waals surface area contributed by atoms with E-state index in [4.69, 9.17) is 0 Å². The van der Waals surface area contributed by atoms with E-state index in [1.54, 1.807) is 19.4 Å². The second-order valence-corrected chi connectivity index (χ2v) is 1.66. The standard InChI is InChI=1S/C5H8N4O/c1-6-5(10)8-9-3-2-7-4-9/h2-4H,1H3,(H2,6,8,10). The maximum Gasteiger partial charge on any atom is 0.333 e. The lowest BCUT2D eigenvalue weighted by molar-refractivity contribution is 0.251. The summed E-state index contributed by atoms with van der Waals surface area (Å²) in [5.74, 6) is 0. The summed E-state index contributed by atoms with van der Waals surface area (Å²) in [5, 5.41) is 2.40. The van der Waals surface area contributed by atoms with Crippen LogP contribution in [0.5, 0.6) is 0 Å². The maximum absolute atomic E-state index is 10.6. The van der Waals surface area contributed by atoms with Crippen molar-refractivity contribution >= 4 is 6.03 Å². The number of nitrogens with one attached hydrogen (secondary N) is 2. The first-order chi connectivity index (χ1) is 4.83. The van der Waals surface area contributed by atoms with Gasteiger partial charge in [0.05, 0.1) is 0 Å². The van der Waals surface area contributed by atoms with Crippen molar-refractivity contribution in [2.75, 3.05) is 12.5 Å². The molecule has 1 aromatic rings. The van der Waals surface area contributed by atoms with Crippen LogP contribution in [0.15, 0.2) is 18.7 Å². The average Bonchev–Trinajstić information content (AvgIpc) is 2.40. The number of aromatic nitrogens is 2. The van der Waals surface area contributed by atoms with E-state index in [0.29, 0.717) is 0 Å². The topological polar surface area (TPSA) is 59.0 Å². The Bertz CT molecular complexity index is 205. The second kappa shape index (κ2) is 2.86. The fourth-order valence-electron chi connectivity index (χ4n) is 0.498. The lowest BCUT2D eigenvalue weighted by atomic mass is 10.9. The van der Waals surface area contributed by atoms with Gasteiger partial charge in [-0.3, -0.25) is 0 Å². The SMILES string of the molecule is CNC(=O)Nn1ccnc1. The number of carbonyl (C=O) groups excluding carboxylic acids is 1. The Morgan fingerprint density at radius 2 is 2.50 bits per heavy atom. The van der Waals surface area contributed by atoms with Crippen LogP contribution >= 0.6 is 0 Å². The highest BCUT2D eigenvalue weighted by Crippen LogP contribution is 1.78. The fraction of sp³-hybridized carbons (Fsp3) is 0.200. The van der Waals surface area contributed by atoms with Crippen molar-refractivity contribution in [1.82, 2.24) is 15.0 Å². The van der Waals surface area contributed by atoms with Gasteiger partial charge in [-0.05, 0) is 0 Å². The van der Waals surface area contributed by atoms with Gasteiger partial charge in [0.25, 0.3) is 0 Å². The van der Waals surface area contributed by atoms with Crippen molar-refractivity contribution in [2.24, 2.45) is 0 Å². The van der Waals surface area contributed by atoms with E-state index in [9.17, 15) is 4.79 Å². The van der Waals surface area contributed by atoms with Crippen LogP contribution in [-0.2, 0) is 0 Å². The number of nitrogens with zero attached hydrogens (tertiary/aromatic N) is 2. The maximum atomic E-state index is 10.6. The van der Waals surface area contributed by atoms with Crippen LogP contribution in [-0.4, -0.2) is 22.7 Å². The zero-order chi connectivity index (χ0) is 7.40. The number of hydrogen-bond acceptors (Lipinski definition) is 2. The van der Waals surface area contributed by atoms with Crippen molar-refractivity contribution < 1.29 is 4.79 Å². The molecule has 5 nitrogen and oxygen atoms in total. The van der Waals surface area contributed by atoms with Gasteiger partial charge in [0, 0.05) is 19.4 Å². The smallest absolute Gasteiger partial charge is 0.333 e. The molecule has 0 radical (unpaired) electrons. The molecule has 0 aliphatic rings. The monoisotopic (exact) mass is 140 g/mol. The zero-order valence-corrected chi connectivity index (χ0v) is 5.53. The Labute approximate surface area is 58.0 Å². The van der Waals surface area contributed by atoms with Gasteiger partial charge in [0.1, 0.15) is 6.33 Å². The van der Waals surface area contributed by atoms with Crippen LogP contribution in [0, 0.1) is 0 Å². The molecular weight excluding hydrogens is 132 g/mol. The Hall–Kier alpha value is -1.52. The largest absolute Gasteiger partial charge is 0.340 e. The minimum absolute atomic E-state index is 0.266. The number of hydrogen-bond donors (Lipinski definition) is 2. The Kier molecular flexibility index (Phi) is 1.89. The van der Waals surface area contributed by atoms with Gasteiger partial charge in [-0.2, -0.15) is 0 Å². The van der Waals surface area contributed by atoms with Gasteiger partial charge < -0.3 is 5.32 Å². The fourth-order valence-corrected chi connectivity index (χ4v) is 0.498. The van der Waals surface area contributed by atoms with Crippen molar-refractivity contribution in [2.45, 2.75) is 0 Å². The van der Waals surface area contributed by atoms with Gasteiger partial charge in [-0.1, -0.05) is 0 Å². The highest BCUT2D eigenvalue weighted by atomic mass is 16.2. The highest BCUT2D eigenvalue weighted by Gasteiger charge is 1.93. The molecule has 2 N–H and O–H groups in total. The van der Waals surface area contributed by atoms with Crippen molar-refractivity contribution in [3.05, 3.63) is 18.7 Å². The Morgan fingerprint density at radius 1 is 1.70 bits per heavy atom. The normalized spacial score (nSPS) is 8.90. The van der Waals surface area contributed by atoms with Gasteiger partial charge in [0.2, 0.25) is 0 Å². The molecule has 0 fully saturated rings. The number of carbonyl (C=O) groups is 1. The van der Waals surface area contributed by atoms with Gasteiger partial charge in [-0.15, -0.1) is 0 Å². The van der Waals surface area contributed by atoms with Crippen LogP contribution < -0.4 is 10.7 Å². The van der Waals surface area contributed by atoms with E-state index >= 15 is 0 Å². The van der Waals surface area contributed by atoms with Crippen LogP contribution in [0.4, 0.5) is 4.79 Å². The molecule has 0 saturated carbocycles. The predicted octanol–water partition coefficient (Wildman–Crippen LogP) is -0.234. The van der Waals surface area contributed by atoms with Crippen LogP contribution in [0.1, 0.15) is 0 Å². The summed E-state index contributed by atoms with van der Waals surface area (Å²) in [6, 6.07) is -0.266. The first-order valence-electron chi connectivity index (χ1n) is 2.79. The lowest BCUT2D eigenvalue weighted by Crippen LogP contribution is -2.30. The summed E-state index contributed by atoms with van der Waals surface area (Å²) in [4.78, 5) is 14.3. The van der Waals surface area contributed by atoms with E-state index in [2.05, 4.69) is 15.7 Å². The molecule has 0 aromatic carbocycles. The molecule has 1 aromatic heterocycles. The molecule has 1 rings (SSSR count). The molecule has 0 aliphatic heterocycles. The van der Waals surface area contributed by atoms with Crippen LogP contribution in [0.25, 0.3) is 0 Å². The first-order valence-corrected chi connectivity index (χ1v) is 2.79. The van der Waals surface area contributed by atoms with E-state index in [1.807, 2.05) is 0 Å². The molecule has 54 valence electrons. The summed E-state index contributed by atoms with van der Waals surface area (Å²) in [6.45, 7) is 0.